The molecule has 3 nitrogen and oxygen atoms in total. The molecule has 4 heteroatoms. The predicted molar refractivity (Wildman–Crippen MR) is 69.2 cm³/mol. The van der Waals surface area contributed by atoms with Crippen molar-refractivity contribution >= 4 is 5.69 Å². The van der Waals surface area contributed by atoms with Crippen molar-refractivity contribution in [3.05, 3.63) is 54.1 Å². The lowest BCUT2D eigenvalue weighted by molar-refractivity contribution is 0.414. The van der Waals surface area contributed by atoms with E-state index in [-0.39, 0.29) is 6.04 Å². The van der Waals surface area contributed by atoms with Crippen LogP contribution in [0.25, 0.3) is 0 Å². The highest BCUT2D eigenvalue weighted by Gasteiger charge is 2.06. The molecule has 0 spiro atoms. The van der Waals surface area contributed by atoms with Crippen LogP contribution in [-0.2, 0) is 0 Å². The Kier molecular flexibility index (Phi) is 3.77. The summed E-state index contributed by atoms with van der Waals surface area (Å²) < 4.78 is 18.1. The van der Waals surface area contributed by atoms with E-state index in [9.17, 15) is 4.39 Å². The predicted octanol–water partition coefficient (Wildman–Crippen LogP) is 3.40. The van der Waals surface area contributed by atoms with Gasteiger partial charge in [-0.1, -0.05) is 12.1 Å². The Labute approximate surface area is 106 Å². The number of methoxy groups -OCH3 is 1. The van der Waals surface area contributed by atoms with Gasteiger partial charge in [-0.2, -0.15) is 4.39 Å². The van der Waals surface area contributed by atoms with Gasteiger partial charge in [0.1, 0.15) is 5.75 Å². The van der Waals surface area contributed by atoms with E-state index in [4.69, 9.17) is 4.74 Å². The fraction of sp³-hybridized carbons (Fsp3) is 0.214. The van der Waals surface area contributed by atoms with Crippen LogP contribution >= 0.6 is 0 Å². The number of rotatable bonds is 4. The summed E-state index contributed by atoms with van der Waals surface area (Å²) in [5.41, 5.74) is 1.82. The van der Waals surface area contributed by atoms with Crippen LogP contribution in [0.2, 0.25) is 0 Å². The Balaban J connectivity index is 2.09. The number of hydrogen-bond acceptors (Lipinski definition) is 3. The second-order valence-electron chi connectivity index (χ2n) is 4.01. The largest absolute Gasteiger partial charge is 0.497 e. The first-order valence-corrected chi connectivity index (χ1v) is 5.71. The van der Waals surface area contributed by atoms with Crippen LogP contribution in [0.1, 0.15) is 18.5 Å². The minimum absolute atomic E-state index is 0.0812. The number of nitrogens with zero attached hydrogens (tertiary/aromatic N) is 1. The molecule has 18 heavy (non-hydrogen) atoms. The molecule has 2 aromatic rings. The maximum absolute atomic E-state index is 13.0. The molecule has 0 saturated heterocycles. The lowest BCUT2D eigenvalue weighted by atomic mass is 10.1. The molecule has 1 aromatic heterocycles. The second kappa shape index (κ2) is 5.49. The molecule has 1 unspecified atom stereocenters. The smallest absolute Gasteiger partial charge is 0.214 e. The number of benzene rings is 1. The van der Waals surface area contributed by atoms with Crippen molar-refractivity contribution in [1.82, 2.24) is 4.98 Å². The molecule has 0 aliphatic carbocycles. The van der Waals surface area contributed by atoms with E-state index < -0.39 is 5.95 Å². The molecule has 1 atom stereocenters. The van der Waals surface area contributed by atoms with Gasteiger partial charge in [0.05, 0.1) is 7.11 Å². The number of ether oxygens (including phenoxy) is 1. The normalized spacial score (nSPS) is 11.9. The topological polar surface area (TPSA) is 34.1 Å². The van der Waals surface area contributed by atoms with Crippen molar-refractivity contribution in [1.29, 1.82) is 0 Å². The Hall–Kier alpha value is -2.10. The van der Waals surface area contributed by atoms with Crippen LogP contribution in [0.15, 0.2) is 42.6 Å². The molecule has 1 N–H and O–H groups in total. The number of nitrogens with one attached hydrogen (secondary N) is 1. The number of pyridine rings is 1. The first kappa shape index (κ1) is 12.4. The highest BCUT2D eigenvalue weighted by atomic mass is 19.1. The summed E-state index contributed by atoms with van der Waals surface area (Å²) in [6.45, 7) is 2.01. The van der Waals surface area contributed by atoms with E-state index in [0.29, 0.717) is 5.69 Å². The summed E-state index contributed by atoms with van der Waals surface area (Å²) in [5.74, 6) is 0.336. The molecule has 0 aliphatic heterocycles. The number of aromatic nitrogens is 1. The third-order valence-electron chi connectivity index (χ3n) is 2.73. The molecule has 1 aromatic carbocycles. The molecule has 0 fully saturated rings. The number of hydrogen-bond donors (Lipinski definition) is 1. The van der Waals surface area contributed by atoms with Crippen molar-refractivity contribution < 1.29 is 9.13 Å². The lowest BCUT2D eigenvalue weighted by Crippen LogP contribution is -2.06. The van der Waals surface area contributed by atoms with Crippen molar-refractivity contribution in [2.45, 2.75) is 13.0 Å². The average molecular weight is 246 g/mol. The van der Waals surface area contributed by atoms with Gasteiger partial charge in [0.15, 0.2) is 0 Å². The van der Waals surface area contributed by atoms with Crippen LogP contribution in [0.4, 0.5) is 10.1 Å². The molecular weight excluding hydrogens is 231 g/mol. The van der Waals surface area contributed by atoms with Crippen molar-refractivity contribution in [2.24, 2.45) is 0 Å². The van der Waals surface area contributed by atoms with E-state index in [1.807, 2.05) is 31.2 Å². The maximum Gasteiger partial charge on any atom is 0.214 e. The monoisotopic (exact) mass is 246 g/mol. The quantitative estimate of drug-likeness (QED) is 0.839. The van der Waals surface area contributed by atoms with E-state index in [1.165, 1.54) is 12.3 Å². The Morgan fingerprint density at radius 2 is 1.94 bits per heavy atom. The van der Waals surface area contributed by atoms with Crippen molar-refractivity contribution in [2.75, 3.05) is 12.4 Å². The molecule has 0 amide bonds. The average Bonchev–Trinajstić information content (AvgIpc) is 2.39. The summed E-state index contributed by atoms with van der Waals surface area (Å²) in [4.78, 5) is 3.52. The zero-order valence-electron chi connectivity index (χ0n) is 10.4. The summed E-state index contributed by atoms with van der Waals surface area (Å²) in [6.07, 6.45) is 1.44. The molecule has 2 rings (SSSR count). The second-order valence-corrected chi connectivity index (χ2v) is 4.01. The Morgan fingerprint density at radius 3 is 2.56 bits per heavy atom. The summed E-state index contributed by atoms with van der Waals surface area (Å²) in [6, 6.07) is 11.0. The summed E-state index contributed by atoms with van der Waals surface area (Å²) >= 11 is 0. The lowest BCUT2D eigenvalue weighted by Gasteiger charge is -2.15. The van der Waals surface area contributed by atoms with Crippen molar-refractivity contribution in [3.63, 3.8) is 0 Å². The molecule has 0 aliphatic rings. The van der Waals surface area contributed by atoms with Gasteiger partial charge < -0.3 is 10.1 Å². The fourth-order valence-electron chi connectivity index (χ4n) is 1.72. The Bertz CT molecular complexity index is 513. The van der Waals surface area contributed by atoms with Crippen LogP contribution < -0.4 is 10.1 Å². The zero-order valence-corrected chi connectivity index (χ0v) is 10.4. The third kappa shape index (κ3) is 2.97. The SMILES string of the molecule is COc1ccc(C(C)Nc2ccnc(F)c2)cc1. The van der Waals surface area contributed by atoms with E-state index in [1.54, 1.807) is 13.2 Å². The van der Waals surface area contributed by atoms with Crippen LogP contribution in [0, 0.1) is 5.95 Å². The fourth-order valence-corrected chi connectivity index (χ4v) is 1.72. The minimum Gasteiger partial charge on any atom is -0.497 e. The third-order valence-corrected chi connectivity index (χ3v) is 2.73. The summed E-state index contributed by atoms with van der Waals surface area (Å²) in [5, 5.41) is 3.22. The van der Waals surface area contributed by atoms with E-state index >= 15 is 0 Å². The van der Waals surface area contributed by atoms with E-state index in [2.05, 4.69) is 10.3 Å². The van der Waals surface area contributed by atoms with Crippen LogP contribution in [-0.4, -0.2) is 12.1 Å². The Morgan fingerprint density at radius 1 is 1.22 bits per heavy atom. The first-order chi connectivity index (χ1) is 8.69. The van der Waals surface area contributed by atoms with Gasteiger partial charge >= 0.3 is 0 Å². The highest BCUT2D eigenvalue weighted by molar-refractivity contribution is 5.44. The standard InChI is InChI=1S/C14H15FN2O/c1-10(11-3-5-13(18-2)6-4-11)17-12-7-8-16-14(15)9-12/h3-10H,1-2H3,(H,16,17). The summed E-state index contributed by atoms with van der Waals surface area (Å²) in [7, 11) is 1.64. The van der Waals surface area contributed by atoms with Crippen molar-refractivity contribution in [3.8, 4) is 5.75 Å². The minimum atomic E-state index is -0.484. The van der Waals surface area contributed by atoms with E-state index in [0.717, 1.165) is 11.3 Å². The van der Waals surface area contributed by atoms with Gasteiger partial charge in [0, 0.05) is 24.0 Å². The van der Waals surface area contributed by atoms with Crippen LogP contribution in [0.5, 0.6) is 5.75 Å². The van der Waals surface area contributed by atoms with Gasteiger partial charge in [-0.25, -0.2) is 4.98 Å². The zero-order chi connectivity index (χ0) is 13.0. The van der Waals surface area contributed by atoms with Gasteiger partial charge in [-0.3, -0.25) is 0 Å². The number of halogens is 1. The first-order valence-electron chi connectivity index (χ1n) is 5.71. The van der Waals surface area contributed by atoms with Gasteiger partial charge in [-0.15, -0.1) is 0 Å². The van der Waals surface area contributed by atoms with Gasteiger partial charge in [0.2, 0.25) is 5.95 Å². The molecule has 0 saturated carbocycles. The van der Waals surface area contributed by atoms with Crippen LogP contribution in [0.3, 0.4) is 0 Å². The molecule has 1 heterocycles. The molecule has 0 radical (unpaired) electrons. The molecular formula is C14H15FN2O. The van der Waals surface area contributed by atoms with Gasteiger partial charge in [-0.05, 0) is 30.7 Å². The highest BCUT2D eigenvalue weighted by Crippen LogP contribution is 2.21. The van der Waals surface area contributed by atoms with Gasteiger partial charge in [0.25, 0.3) is 0 Å². The number of anilines is 1. The maximum atomic E-state index is 13.0. The molecule has 0 bridgehead atoms. The molecule has 94 valence electrons.